The number of hydrogen-bond donors (Lipinski definition) is 1. The second-order valence-corrected chi connectivity index (χ2v) is 4.80. The molecule has 3 heterocycles. The quantitative estimate of drug-likeness (QED) is 0.756. The van der Waals surface area contributed by atoms with E-state index < -0.39 is 6.04 Å². The third-order valence-electron chi connectivity index (χ3n) is 3.25. The van der Waals surface area contributed by atoms with Crippen LogP contribution in [0, 0.1) is 0 Å². The number of pyridine rings is 1. The first-order valence-corrected chi connectivity index (χ1v) is 6.95. The second-order valence-electron chi connectivity index (χ2n) is 4.80. The number of carbonyl (C=O) groups is 1. The Labute approximate surface area is 127 Å². The van der Waals surface area contributed by atoms with E-state index in [-0.39, 0.29) is 5.91 Å². The summed E-state index contributed by atoms with van der Waals surface area (Å²) in [4.78, 5) is 16.2. The Hall–Kier alpha value is -2.89. The molecule has 6 heteroatoms. The molecule has 0 radical (unpaired) electrons. The number of nitrogens with one attached hydrogen (secondary N) is 1. The van der Waals surface area contributed by atoms with Gasteiger partial charge in [-0.3, -0.25) is 9.78 Å². The molecule has 3 aromatic heterocycles. The molecule has 0 saturated heterocycles. The summed E-state index contributed by atoms with van der Waals surface area (Å²) in [5.74, 6) is 0.525. The first-order chi connectivity index (χ1) is 10.8. The van der Waals surface area contributed by atoms with Crippen LogP contribution < -0.4 is 5.32 Å². The molecule has 0 aromatic carbocycles. The molecule has 22 heavy (non-hydrogen) atoms. The maximum absolute atomic E-state index is 12.2. The Bertz CT molecular complexity index is 659. The van der Waals surface area contributed by atoms with Crippen LogP contribution in [0.3, 0.4) is 0 Å². The van der Waals surface area contributed by atoms with Crippen molar-refractivity contribution < 1.29 is 13.7 Å². The van der Waals surface area contributed by atoms with Gasteiger partial charge in [0, 0.05) is 24.9 Å². The van der Waals surface area contributed by atoms with Crippen LogP contribution in [0.25, 0.3) is 0 Å². The zero-order valence-electron chi connectivity index (χ0n) is 11.8. The molecular weight excluding hydrogens is 282 g/mol. The van der Waals surface area contributed by atoms with Crippen molar-refractivity contribution >= 4 is 5.91 Å². The van der Waals surface area contributed by atoms with E-state index in [0.717, 1.165) is 5.56 Å². The smallest absolute Gasteiger partial charge is 0.221 e. The van der Waals surface area contributed by atoms with Crippen molar-refractivity contribution in [1.29, 1.82) is 0 Å². The van der Waals surface area contributed by atoms with E-state index in [0.29, 0.717) is 24.3 Å². The summed E-state index contributed by atoms with van der Waals surface area (Å²) in [5, 5.41) is 6.80. The Morgan fingerprint density at radius 2 is 2.18 bits per heavy atom. The van der Waals surface area contributed by atoms with Gasteiger partial charge in [0.2, 0.25) is 5.91 Å². The van der Waals surface area contributed by atoms with E-state index in [1.54, 1.807) is 36.9 Å². The third-order valence-corrected chi connectivity index (χ3v) is 3.25. The van der Waals surface area contributed by atoms with Gasteiger partial charge in [0.05, 0.1) is 6.26 Å². The minimum atomic E-state index is -0.449. The molecule has 0 bridgehead atoms. The molecule has 0 aliphatic heterocycles. The fourth-order valence-electron chi connectivity index (χ4n) is 2.15. The molecule has 3 aromatic rings. The largest absolute Gasteiger partial charge is 0.467 e. The van der Waals surface area contributed by atoms with Gasteiger partial charge in [0.1, 0.15) is 23.8 Å². The van der Waals surface area contributed by atoms with Crippen LogP contribution in [0.4, 0.5) is 0 Å². The van der Waals surface area contributed by atoms with Gasteiger partial charge in [-0.15, -0.1) is 0 Å². The molecule has 0 aliphatic carbocycles. The van der Waals surface area contributed by atoms with E-state index >= 15 is 0 Å². The van der Waals surface area contributed by atoms with Crippen molar-refractivity contribution in [3.8, 4) is 0 Å². The molecule has 0 saturated carbocycles. The van der Waals surface area contributed by atoms with Gasteiger partial charge in [0.25, 0.3) is 0 Å². The molecule has 6 nitrogen and oxygen atoms in total. The average Bonchev–Trinajstić information content (AvgIpc) is 3.25. The third kappa shape index (κ3) is 3.41. The normalized spacial score (nSPS) is 12.0. The van der Waals surface area contributed by atoms with E-state index in [4.69, 9.17) is 8.94 Å². The highest BCUT2D eigenvalue weighted by molar-refractivity contribution is 5.77. The lowest BCUT2D eigenvalue weighted by Crippen LogP contribution is -2.29. The summed E-state index contributed by atoms with van der Waals surface area (Å²) in [7, 11) is 0. The summed E-state index contributed by atoms with van der Waals surface area (Å²) < 4.78 is 10.2. The van der Waals surface area contributed by atoms with E-state index in [1.165, 1.54) is 6.26 Å². The van der Waals surface area contributed by atoms with Gasteiger partial charge in [-0.2, -0.15) is 0 Å². The molecule has 112 valence electrons. The SMILES string of the molecule is O=C(CCc1cccnc1)NC(c1ccon1)c1ccco1. The molecule has 1 N–H and O–H groups in total. The van der Waals surface area contributed by atoms with Crippen LogP contribution in [0.2, 0.25) is 0 Å². The van der Waals surface area contributed by atoms with Crippen molar-refractivity contribution in [2.75, 3.05) is 0 Å². The number of nitrogens with zero attached hydrogens (tertiary/aromatic N) is 2. The van der Waals surface area contributed by atoms with Crippen molar-refractivity contribution in [2.24, 2.45) is 0 Å². The molecule has 0 spiro atoms. The number of carbonyl (C=O) groups excluding carboxylic acids is 1. The second kappa shape index (κ2) is 6.71. The van der Waals surface area contributed by atoms with E-state index in [2.05, 4.69) is 15.5 Å². The highest BCUT2D eigenvalue weighted by atomic mass is 16.5. The van der Waals surface area contributed by atoms with Gasteiger partial charge < -0.3 is 14.3 Å². The first kappa shape index (κ1) is 14.1. The number of furan rings is 1. The van der Waals surface area contributed by atoms with E-state index in [1.807, 2.05) is 12.1 Å². The van der Waals surface area contributed by atoms with Gasteiger partial charge in [-0.05, 0) is 30.2 Å². The molecule has 1 unspecified atom stereocenters. The van der Waals surface area contributed by atoms with E-state index in [9.17, 15) is 4.79 Å². The average molecular weight is 297 g/mol. The Kier molecular flexibility index (Phi) is 4.29. The standard InChI is InChI=1S/C16H15N3O3/c20-15(6-5-12-3-1-8-17-11-12)18-16(13-7-10-22-19-13)14-4-2-9-21-14/h1-4,7-11,16H,5-6H2,(H,18,20). The Balaban J connectivity index is 1.65. The summed E-state index contributed by atoms with van der Waals surface area (Å²) in [6.07, 6.45) is 7.48. The zero-order chi connectivity index (χ0) is 15.2. The molecule has 1 amide bonds. The maximum atomic E-state index is 12.2. The van der Waals surface area contributed by atoms with Crippen LogP contribution in [-0.2, 0) is 11.2 Å². The van der Waals surface area contributed by atoms with Crippen molar-refractivity contribution in [1.82, 2.24) is 15.5 Å². The summed E-state index contributed by atoms with van der Waals surface area (Å²) in [5.41, 5.74) is 1.62. The summed E-state index contributed by atoms with van der Waals surface area (Å²) in [6.45, 7) is 0. The molecule has 3 rings (SSSR count). The van der Waals surface area contributed by atoms with Crippen LogP contribution in [0.15, 0.2) is 64.2 Å². The van der Waals surface area contributed by atoms with Gasteiger partial charge >= 0.3 is 0 Å². The lowest BCUT2D eigenvalue weighted by atomic mass is 10.1. The number of rotatable bonds is 6. The summed E-state index contributed by atoms with van der Waals surface area (Å²) >= 11 is 0. The monoisotopic (exact) mass is 297 g/mol. The highest BCUT2D eigenvalue weighted by Gasteiger charge is 2.21. The lowest BCUT2D eigenvalue weighted by molar-refractivity contribution is -0.121. The zero-order valence-corrected chi connectivity index (χ0v) is 11.8. The fraction of sp³-hybridized carbons (Fsp3) is 0.188. The molecule has 0 aliphatic rings. The maximum Gasteiger partial charge on any atom is 0.221 e. The number of hydrogen-bond acceptors (Lipinski definition) is 5. The number of aromatic nitrogens is 2. The van der Waals surface area contributed by atoms with Crippen LogP contribution in [0.5, 0.6) is 0 Å². The predicted octanol–water partition coefficient (Wildman–Crippen LogP) is 2.50. The van der Waals surface area contributed by atoms with Crippen LogP contribution >= 0.6 is 0 Å². The predicted molar refractivity (Wildman–Crippen MR) is 77.8 cm³/mol. The van der Waals surface area contributed by atoms with Crippen molar-refractivity contribution in [3.05, 3.63) is 72.3 Å². The van der Waals surface area contributed by atoms with Crippen LogP contribution in [-0.4, -0.2) is 16.0 Å². The summed E-state index contributed by atoms with van der Waals surface area (Å²) in [6, 6.07) is 8.62. The van der Waals surface area contributed by atoms with Gasteiger partial charge in [-0.25, -0.2) is 0 Å². The number of aryl methyl sites for hydroxylation is 1. The Morgan fingerprint density at radius 3 is 2.86 bits per heavy atom. The Morgan fingerprint density at radius 1 is 1.23 bits per heavy atom. The fourth-order valence-corrected chi connectivity index (χ4v) is 2.15. The van der Waals surface area contributed by atoms with Crippen molar-refractivity contribution in [3.63, 3.8) is 0 Å². The lowest BCUT2D eigenvalue weighted by Gasteiger charge is -2.14. The number of amides is 1. The minimum absolute atomic E-state index is 0.0896. The molecule has 1 atom stereocenters. The molecular formula is C16H15N3O3. The van der Waals surface area contributed by atoms with Gasteiger partial charge in [0.15, 0.2) is 0 Å². The topological polar surface area (TPSA) is 81.2 Å². The van der Waals surface area contributed by atoms with Crippen LogP contribution in [0.1, 0.15) is 29.5 Å². The first-order valence-electron chi connectivity index (χ1n) is 6.95. The minimum Gasteiger partial charge on any atom is -0.467 e. The van der Waals surface area contributed by atoms with Gasteiger partial charge in [-0.1, -0.05) is 11.2 Å². The van der Waals surface area contributed by atoms with Crippen molar-refractivity contribution in [2.45, 2.75) is 18.9 Å². The molecule has 0 fully saturated rings. The highest BCUT2D eigenvalue weighted by Crippen LogP contribution is 2.21.